The Labute approximate surface area is 94.5 Å². The second-order valence-electron chi connectivity index (χ2n) is 3.75. The van der Waals surface area contributed by atoms with Crippen molar-refractivity contribution in [2.45, 2.75) is 19.8 Å². The van der Waals surface area contributed by atoms with E-state index < -0.39 is 11.8 Å². The molecule has 0 aliphatic heterocycles. The first-order valence-electron chi connectivity index (χ1n) is 5.30. The number of anilines is 1. The van der Waals surface area contributed by atoms with E-state index >= 15 is 0 Å². The highest BCUT2D eigenvalue weighted by molar-refractivity contribution is 5.88. The number of unbranched alkanes of at least 4 members (excludes halogenated alkanes) is 1. The van der Waals surface area contributed by atoms with Gasteiger partial charge in [0.15, 0.2) is 0 Å². The van der Waals surface area contributed by atoms with Crippen LogP contribution in [0.4, 0.5) is 10.1 Å². The van der Waals surface area contributed by atoms with Crippen LogP contribution in [0.5, 0.6) is 0 Å². The highest BCUT2D eigenvalue weighted by atomic mass is 19.1. The standard InChI is InChI=1S/C12H16FNO2/c1-3-4-7-14(2)11-6-5-9(12(15)16)8-10(11)13/h5-6,8H,3-4,7H2,1-2H3,(H,15,16). The molecule has 3 nitrogen and oxygen atoms in total. The highest BCUT2D eigenvalue weighted by Gasteiger charge is 2.10. The van der Waals surface area contributed by atoms with E-state index in [9.17, 15) is 9.18 Å². The zero-order chi connectivity index (χ0) is 12.1. The van der Waals surface area contributed by atoms with Crippen molar-refractivity contribution < 1.29 is 14.3 Å². The predicted molar refractivity (Wildman–Crippen MR) is 61.5 cm³/mol. The molecule has 88 valence electrons. The largest absolute Gasteiger partial charge is 0.478 e. The summed E-state index contributed by atoms with van der Waals surface area (Å²) in [6.07, 6.45) is 2.02. The molecule has 0 radical (unpaired) electrons. The molecule has 0 spiro atoms. The van der Waals surface area contributed by atoms with Gasteiger partial charge in [-0.05, 0) is 24.6 Å². The van der Waals surface area contributed by atoms with E-state index in [1.54, 1.807) is 11.9 Å². The van der Waals surface area contributed by atoms with Crippen LogP contribution in [0.3, 0.4) is 0 Å². The van der Waals surface area contributed by atoms with Gasteiger partial charge in [0.2, 0.25) is 0 Å². The third kappa shape index (κ3) is 2.95. The average molecular weight is 225 g/mol. The summed E-state index contributed by atoms with van der Waals surface area (Å²) in [6.45, 7) is 2.83. The molecule has 0 saturated carbocycles. The molecule has 0 amide bonds. The number of hydrogen-bond acceptors (Lipinski definition) is 2. The number of carbonyl (C=O) groups is 1. The van der Waals surface area contributed by atoms with Crippen molar-refractivity contribution in [1.29, 1.82) is 0 Å². The van der Waals surface area contributed by atoms with Crippen molar-refractivity contribution in [3.63, 3.8) is 0 Å². The van der Waals surface area contributed by atoms with Gasteiger partial charge in [-0.3, -0.25) is 0 Å². The number of hydrogen-bond donors (Lipinski definition) is 1. The first-order valence-corrected chi connectivity index (χ1v) is 5.30. The van der Waals surface area contributed by atoms with Crippen molar-refractivity contribution in [3.05, 3.63) is 29.6 Å². The lowest BCUT2D eigenvalue weighted by molar-refractivity contribution is 0.0696. The zero-order valence-electron chi connectivity index (χ0n) is 9.53. The van der Waals surface area contributed by atoms with Crippen LogP contribution in [0.15, 0.2) is 18.2 Å². The van der Waals surface area contributed by atoms with Crippen LogP contribution < -0.4 is 4.90 Å². The fourth-order valence-electron chi connectivity index (χ4n) is 1.47. The molecule has 0 aliphatic rings. The minimum Gasteiger partial charge on any atom is -0.478 e. The number of halogens is 1. The monoisotopic (exact) mass is 225 g/mol. The van der Waals surface area contributed by atoms with E-state index in [-0.39, 0.29) is 5.56 Å². The number of carboxylic acids is 1. The molecule has 1 N–H and O–H groups in total. The second kappa shape index (κ2) is 5.49. The van der Waals surface area contributed by atoms with Gasteiger partial charge in [-0.1, -0.05) is 13.3 Å². The topological polar surface area (TPSA) is 40.5 Å². The highest BCUT2D eigenvalue weighted by Crippen LogP contribution is 2.19. The lowest BCUT2D eigenvalue weighted by Crippen LogP contribution is -2.19. The van der Waals surface area contributed by atoms with Crippen molar-refractivity contribution in [3.8, 4) is 0 Å². The number of nitrogens with zero attached hydrogens (tertiary/aromatic N) is 1. The van der Waals surface area contributed by atoms with E-state index in [1.165, 1.54) is 12.1 Å². The van der Waals surface area contributed by atoms with Crippen LogP contribution in [-0.2, 0) is 0 Å². The Kier molecular flexibility index (Phi) is 4.28. The number of carboxylic acid groups (broad SMARTS) is 1. The first-order chi connectivity index (χ1) is 7.56. The summed E-state index contributed by atoms with van der Waals surface area (Å²) < 4.78 is 13.6. The average Bonchev–Trinajstić information content (AvgIpc) is 2.25. The van der Waals surface area contributed by atoms with Crippen LogP contribution in [0.1, 0.15) is 30.1 Å². The van der Waals surface area contributed by atoms with Gasteiger partial charge in [0.1, 0.15) is 5.82 Å². The first kappa shape index (κ1) is 12.5. The number of benzene rings is 1. The summed E-state index contributed by atoms with van der Waals surface area (Å²) in [5.41, 5.74) is 0.420. The summed E-state index contributed by atoms with van der Waals surface area (Å²) in [6, 6.07) is 3.98. The minimum atomic E-state index is -1.11. The summed E-state index contributed by atoms with van der Waals surface area (Å²) in [4.78, 5) is 12.4. The maximum atomic E-state index is 13.6. The van der Waals surface area contributed by atoms with Crippen molar-refractivity contribution in [1.82, 2.24) is 0 Å². The lowest BCUT2D eigenvalue weighted by Gasteiger charge is -2.19. The molecule has 0 aliphatic carbocycles. The summed E-state index contributed by atoms with van der Waals surface area (Å²) in [7, 11) is 1.80. The number of aromatic carboxylic acids is 1. The van der Waals surface area contributed by atoms with Gasteiger partial charge in [-0.2, -0.15) is 0 Å². The molecule has 0 heterocycles. The van der Waals surface area contributed by atoms with Gasteiger partial charge in [0.25, 0.3) is 0 Å². The molecule has 16 heavy (non-hydrogen) atoms. The predicted octanol–water partition coefficient (Wildman–Crippen LogP) is 2.76. The van der Waals surface area contributed by atoms with E-state index in [1.807, 2.05) is 0 Å². The van der Waals surface area contributed by atoms with Crippen molar-refractivity contribution in [2.75, 3.05) is 18.5 Å². The van der Waals surface area contributed by atoms with Gasteiger partial charge in [0, 0.05) is 13.6 Å². The Hall–Kier alpha value is -1.58. The van der Waals surface area contributed by atoms with Crippen LogP contribution in [-0.4, -0.2) is 24.7 Å². The van der Waals surface area contributed by atoms with Gasteiger partial charge < -0.3 is 10.0 Å². The Balaban J connectivity index is 2.85. The summed E-state index contributed by atoms with van der Waals surface area (Å²) in [5, 5.41) is 8.70. The van der Waals surface area contributed by atoms with Crippen LogP contribution >= 0.6 is 0 Å². The van der Waals surface area contributed by atoms with Gasteiger partial charge in [-0.15, -0.1) is 0 Å². The number of rotatable bonds is 5. The molecule has 1 aromatic rings. The Morgan fingerprint density at radius 2 is 2.19 bits per heavy atom. The van der Waals surface area contributed by atoms with Crippen LogP contribution in [0.25, 0.3) is 0 Å². The van der Waals surface area contributed by atoms with Gasteiger partial charge >= 0.3 is 5.97 Å². The minimum absolute atomic E-state index is 0.0230. The molecule has 0 bridgehead atoms. The molecular formula is C12H16FNO2. The molecular weight excluding hydrogens is 209 g/mol. The quantitative estimate of drug-likeness (QED) is 0.837. The van der Waals surface area contributed by atoms with Crippen molar-refractivity contribution >= 4 is 11.7 Å². The van der Waals surface area contributed by atoms with Crippen LogP contribution in [0.2, 0.25) is 0 Å². The smallest absolute Gasteiger partial charge is 0.335 e. The molecule has 0 aromatic heterocycles. The third-order valence-corrected chi connectivity index (χ3v) is 2.45. The molecule has 0 saturated heterocycles. The van der Waals surface area contributed by atoms with Gasteiger partial charge in [0.05, 0.1) is 11.3 Å². The zero-order valence-corrected chi connectivity index (χ0v) is 9.53. The molecule has 4 heteroatoms. The van der Waals surface area contributed by atoms with E-state index in [2.05, 4.69) is 6.92 Å². The van der Waals surface area contributed by atoms with E-state index in [0.29, 0.717) is 5.69 Å². The van der Waals surface area contributed by atoms with Gasteiger partial charge in [-0.25, -0.2) is 9.18 Å². The third-order valence-electron chi connectivity index (χ3n) is 2.45. The Bertz CT molecular complexity index is 379. The maximum absolute atomic E-state index is 13.6. The fourth-order valence-corrected chi connectivity index (χ4v) is 1.47. The SMILES string of the molecule is CCCCN(C)c1ccc(C(=O)O)cc1F. The van der Waals surface area contributed by atoms with E-state index in [0.717, 1.165) is 25.5 Å². The molecule has 1 aromatic carbocycles. The van der Waals surface area contributed by atoms with Crippen LogP contribution in [0, 0.1) is 5.82 Å². The normalized spacial score (nSPS) is 10.2. The lowest BCUT2D eigenvalue weighted by atomic mass is 10.2. The molecule has 1 rings (SSSR count). The summed E-state index contributed by atoms with van der Waals surface area (Å²) >= 11 is 0. The Morgan fingerprint density at radius 1 is 1.50 bits per heavy atom. The fraction of sp³-hybridized carbons (Fsp3) is 0.417. The van der Waals surface area contributed by atoms with Crippen molar-refractivity contribution in [2.24, 2.45) is 0 Å². The van der Waals surface area contributed by atoms with E-state index in [4.69, 9.17) is 5.11 Å². The summed E-state index contributed by atoms with van der Waals surface area (Å²) in [5.74, 6) is -1.60. The molecule has 0 unspecified atom stereocenters. The maximum Gasteiger partial charge on any atom is 0.335 e. The second-order valence-corrected chi connectivity index (χ2v) is 3.75. The molecule has 0 atom stereocenters. The molecule has 0 fully saturated rings. The Morgan fingerprint density at radius 3 is 2.69 bits per heavy atom.